The lowest BCUT2D eigenvalue weighted by Crippen LogP contribution is -2.18. The van der Waals surface area contributed by atoms with Crippen molar-refractivity contribution in [3.63, 3.8) is 0 Å². The summed E-state index contributed by atoms with van der Waals surface area (Å²) in [6, 6.07) is 21.2. The molecule has 4 nitrogen and oxygen atoms in total. The van der Waals surface area contributed by atoms with Crippen LogP contribution in [-0.4, -0.2) is 22.8 Å². The molecule has 1 aromatic heterocycles. The van der Waals surface area contributed by atoms with E-state index in [4.69, 9.17) is 10.00 Å². The fourth-order valence-corrected chi connectivity index (χ4v) is 2.67. The van der Waals surface area contributed by atoms with E-state index in [1.165, 1.54) is 0 Å². The SMILES string of the molecule is N#Cc1cccc(-c2ccc(OC[C@H](O)CCc3cccnc3)cc2)c1. The lowest BCUT2D eigenvalue weighted by Gasteiger charge is -2.13. The van der Waals surface area contributed by atoms with Gasteiger partial charge in [0.2, 0.25) is 0 Å². The second kappa shape index (κ2) is 8.80. The molecule has 0 saturated heterocycles. The maximum atomic E-state index is 10.1. The summed E-state index contributed by atoms with van der Waals surface area (Å²) in [6.07, 6.45) is 4.43. The quantitative estimate of drug-likeness (QED) is 0.704. The molecule has 0 spiro atoms. The number of ether oxygens (including phenoxy) is 1. The molecular formula is C22H20N2O2. The number of aliphatic hydroxyl groups is 1. The molecule has 3 aromatic rings. The minimum atomic E-state index is -0.526. The van der Waals surface area contributed by atoms with Crippen LogP contribution in [0, 0.1) is 11.3 Å². The van der Waals surface area contributed by atoms with E-state index in [1.54, 1.807) is 12.3 Å². The maximum absolute atomic E-state index is 10.1. The standard InChI is InChI=1S/C22H20N2O2/c23-14-18-3-1-5-20(13-18)19-7-10-22(11-8-19)26-16-21(25)9-6-17-4-2-12-24-15-17/h1-5,7-8,10-13,15,21,25H,6,9,16H2/t21-/m1/s1. The second-order valence-electron chi connectivity index (χ2n) is 6.08. The molecule has 0 amide bonds. The van der Waals surface area contributed by atoms with Gasteiger partial charge in [-0.15, -0.1) is 0 Å². The predicted octanol–water partition coefficient (Wildman–Crippen LogP) is 3.99. The topological polar surface area (TPSA) is 66.1 Å². The van der Waals surface area contributed by atoms with Crippen LogP contribution in [0.5, 0.6) is 5.75 Å². The molecule has 2 aromatic carbocycles. The number of pyridine rings is 1. The first-order valence-electron chi connectivity index (χ1n) is 8.55. The zero-order valence-electron chi connectivity index (χ0n) is 14.4. The number of benzene rings is 2. The molecule has 3 rings (SSSR count). The highest BCUT2D eigenvalue weighted by Crippen LogP contribution is 2.23. The van der Waals surface area contributed by atoms with Gasteiger partial charge >= 0.3 is 0 Å². The molecule has 0 bridgehead atoms. The average molecular weight is 344 g/mol. The van der Waals surface area contributed by atoms with E-state index in [0.29, 0.717) is 17.7 Å². The Morgan fingerprint density at radius 2 is 1.88 bits per heavy atom. The van der Waals surface area contributed by atoms with Gasteiger partial charge in [-0.3, -0.25) is 4.98 Å². The van der Waals surface area contributed by atoms with Gasteiger partial charge in [0, 0.05) is 12.4 Å². The summed E-state index contributed by atoms with van der Waals surface area (Å²) >= 11 is 0. The number of nitrogens with zero attached hydrogens (tertiary/aromatic N) is 2. The van der Waals surface area contributed by atoms with Gasteiger partial charge in [0.1, 0.15) is 12.4 Å². The van der Waals surface area contributed by atoms with Crippen molar-refractivity contribution in [3.8, 4) is 22.9 Å². The number of aryl methyl sites for hydroxylation is 1. The zero-order valence-corrected chi connectivity index (χ0v) is 14.4. The van der Waals surface area contributed by atoms with Crippen LogP contribution in [-0.2, 0) is 6.42 Å². The number of rotatable bonds is 7. The molecule has 1 N–H and O–H groups in total. The van der Waals surface area contributed by atoms with Gasteiger partial charge in [-0.25, -0.2) is 0 Å². The van der Waals surface area contributed by atoms with Gasteiger partial charge in [0.15, 0.2) is 0 Å². The minimum Gasteiger partial charge on any atom is -0.491 e. The molecule has 0 fully saturated rings. The van der Waals surface area contributed by atoms with Crippen molar-refractivity contribution in [2.75, 3.05) is 6.61 Å². The van der Waals surface area contributed by atoms with Crippen molar-refractivity contribution in [3.05, 3.63) is 84.2 Å². The number of aliphatic hydroxyl groups excluding tert-OH is 1. The third-order valence-corrected chi connectivity index (χ3v) is 4.11. The summed E-state index contributed by atoms with van der Waals surface area (Å²) in [4.78, 5) is 4.07. The highest BCUT2D eigenvalue weighted by molar-refractivity contribution is 5.65. The Balaban J connectivity index is 1.52. The Kier molecular flexibility index (Phi) is 5.97. The minimum absolute atomic E-state index is 0.253. The normalized spacial score (nSPS) is 11.5. The summed E-state index contributed by atoms with van der Waals surface area (Å²) in [6.45, 7) is 0.253. The van der Waals surface area contributed by atoms with Crippen molar-refractivity contribution >= 4 is 0 Å². The van der Waals surface area contributed by atoms with Gasteiger partial charge in [-0.05, 0) is 59.9 Å². The average Bonchev–Trinajstić information content (AvgIpc) is 2.72. The molecule has 0 aliphatic rings. The highest BCUT2D eigenvalue weighted by Gasteiger charge is 2.07. The summed E-state index contributed by atoms with van der Waals surface area (Å²) in [5.74, 6) is 0.714. The van der Waals surface area contributed by atoms with Crippen LogP contribution in [0.3, 0.4) is 0 Å². The summed E-state index contributed by atoms with van der Waals surface area (Å²) in [5.41, 5.74) is 3.76. The van der Waals surface area contributed by atoms with Crippen molar-refractivity contribution in [1.29, 1.82) is 5.26 Å². The summed E-state index contributed by atoms with van der Waals surface area (Å²) in [7, 11) is 0. The van der Waals surface area contributed by atoms with Crippen molar-refractivity contribution in [2.24, 2.45) is 0 Å². The molecular weight excluding hydrogens is 324 g/mol. The van der Waals surface area contributed by atoms with Crippen LogP contribution < -0.4 is 4.74 Å². The molecule has 130 valence electrons. The van der Waals surface area contributed by atoms with Crippen LogP contribution >= 0.6 is 0 Å². The third-order valence-electron chi connectivity index (χ3n) is 4.11. The predicted molar refractivity (Wildman–Crippen MR) is 101 cm³/mol. The fourth-order valence-electron chi connectivity index (χ4n) is 2.67. The Labute approximate surface area is 153 Å². The second-order valence-corrected chi connectivity index (χ2v) is 6.08. The molecule has 1 heterocycles. The maximum Gasteiger partial charge on any atom is 0.119 e. The molecule has 0 aliphatic carbocycles. The van der Waals surface area contributed by atoms with Crippen LogP contribution in [0.25, 0.3) is 11.1 Å². The molecule has 0 unspecified atom stereocenters. The lowest BCUT2D eigenvalue weighted by molar-refractivity contribution is 0.100. The van der Waals surface area contributed by atoms with Crippen LogP contribution in [0.4, 0.5) is 0 Å². The molecule has 0 saturated carbocycles. The Bertz CT molecular complexity index is 871. The van der Waals surface area contributed by atoms with E-state index < -0.39 is 6.10 Å². The summed E-state index contributed by atoms with van der Waals surface area (Å²) in [5, 5.41) is 19.1. The van der Waals surface area contributed by atoms with Gasteiger partial charge in [0.05, 0.1) is 17.7 Å². The summed E-state index contributed by atoms with van der Waals surface area (Å²) < 4.78 is 5.67. The van der Waals surface area contributed by atoms with Crippen LogP contribution in [0.2, 0.25) is 0 Å². The number of nitriles is 1. The van der Waals surface area contributed by atoms with E-state index >= 15 is 0 Å². The van der Waals surface area contributed by atoms with Crippen molar-refractivity contribution in [1.82, 2.24) is 4.98 Å². The molecule has 0 aliphatic heterocycles. The first-order valence-corrected chi connectivity index (χ1v) is 8.55. The first kappa shape index (κ1) is 17.7. The monoisotopic (exact) mass is 344 g/mol. The number of aromatic nitrogens is 1. The van der Waals surface area contributed by atoms with Gasteiger partial charge < -0.3 is 9.84 Å². The Morgan fingerprint density at radius 1 is 1.04 bits per heavy atom. The number of hydrogen-bond donors (Lipinski definition) is 1. The van der Waals surface area contributed by atoms with E-state index in [0.717, 1.165) is 23.1 Å². The Hall–Kier alpha value is -3.16. The van der Waals surface area contributed by atoms with Gasteiger partial charge in [-0.2, -0.15) is 5.26 Å². The van der Waals surface area contributed by atoms with Crippen LogP contribution in [0.15, 0.2) is 73.1 Å². The fraction of sp³-hybridized carbons (Fsp3) is 0.182. The first-order chi connectivity index (χ1) is 12.7. The molecule has 1 atom stereocenters. The molecule has 26 heavy (non-hydrogen) atoms. The largest absolute Gasteiger partial charge is 0.491 e. The smallest absolute Gasteiger partial charge is 0.119 e. The van der Waals surface area contributed by atoms with Gasteiger partial charge in [0.25, 0.3) is 0 Å². The highest BCUT2D eigenvalue weighted by atomic mass is 16.5. The third kappa shape index (κ3) is 4.92. The van der Waals surface area contributed by atoms with E-state index in [-0.39, 0.29) is 6.61 Å². The van der Waals surface area contributed by atoms with E-state index in [2.05, 4.69) is 11.1 Å². The zero-order chi connectivity index (χ0) is 18.2. The van der Waals surface area contributed by atoms with Crippen molar-refractivity contribution in [2.45, 2.75) is 18.9 Å². The van der Waals surface area contributed by atoms with Crippen molar-refractivity contribution < 1.29 is 9.84 Å². The van der Waals surface area contributed by atoms with E-state index in [9.17, 15) is 5.11 Å². The van der Waals surface area contributed by atoms with E-state index in [1.807, 2.05) is 60.8 Å². The molecule has 4 heteroatoms. The van der Waals surface area contributed by atoms with Gasteiger partial charge in [-0.1, -0.05) is 30.3 Å². The lowest BCUT2D eigenvalue weighted by atomic mass is 10.0. The van der Waals surface area contributed by atoms with Crippen LogP contribution in [0.1, 0.15) is 17.5 Å². The molecule has 0 radical (unpaired) electrons. The Morgan fingerprint density at radius 3 is 2.62 bits per heavy atom. The number of hydrogen-bond acceptors (Lipinski definition) is 4.